The van der Waals surface area contributed by atoms with Gasteiger partial charge in [-0.25, -0.2) is 9.59 Å². The van der Waals surface area contributed by atoms with E-state index in [0.717, 1.165) is 38.2 Å². The van der Waals surface area contributed by atoms with Crippen molar-refractivity contribution in [1.82, 2.24) is 10.6 Å². The van der Waals surface area contributed by atoms with Gasteiger partial charge in [0.2, 0.25) is 5.91 Å². The molecule has 1 saturated carbocycles. The van der Waals surface area contributed by atoms with Crippen LogP contribution in [0, 0.1) is 0 Å². The first-order valence-corrected chi connectivity index (χ1v) is 12.3. The predicted octanol–water partition coefficient (Wildman–Crippen LogP) is 4.77. The molecule has 3 N–H and O–H groups in total. The molecule has 7 nitrogen and oxygen atoms in total. The zero-order valence-corrected chi connectivity index (χ0v) is 19.8. The molecule has 2 amide bonds. The first kappa shape index (κ1) is 24.5. The van der Waals surface area contributed by atoms with Crippen LogP contribution >= 0.6 is 0 Å². The summed E-state index contributed by atoms with van der Waals surface area (Å²) >= 11 is 0. The van der Waals surface area contributed by atoms with Crippen LogP contribution in [-0.2, 0) is 14.3 Å². The Morgan fingerprint density at radius 1 is 0.971 bits per heavy atom. The Morgan fingerprint density at radius 2 is 1.60 bits per heavy atom. The number of carbonyl (C=O) groups excluding carboxylic acids is 2. The van der Waals surface area contributed by atoms with Crippen molar-refractivity contribution in [3.05, 3.63) is 71.8 Å². The fraction of sp³-hybridized carbons (Fsp3) is 0.393. The number of carboxylic acid groups (broad SMARTS) is 1. The van der Waals surface area contributed by atoms with Crippen molar-refractivity contribution >= 4 is 18.0 Å². The van der Waals surface area contributed by atoms with Crippen LogP contribution in [0.5, 0.6) is 0 Å². The van der Waals surface area contributed by atoms with Crippen LogP contribution in [0.15, 0.2) is 60.7 Å². The van der Waals surface area contributed by atoms with Gasteiger partial charge in [-0.2, -0.15) is 0 Å². The third-order valence-corrected chi connectivity index (χ3v) is 7.03. The molecule has 7 heteroatoms. The van der Waals surface area contributed by atoms with Gasteiger partial charge in [0.25, 0.3) is 0 Å². The molecular formula is C28H32N2O5. The molecule has 0 aliphatic heterocycles. The van der Waals surface area contributed by atoms with Crippen LogP contribution in [0.4, 0.5) is 4.79 Å². The molecular weight excluding hydrogens is 444 g/mol. The van der Waals surface area contributed by atoms with Gasteiger partial charge in [-0.1, -0.05) is 73.9 Å². The van der Waals surface area contributed by atoms with Crippen LogP contribution < -0.4 is 10.6 Å². The number of hydrogen-bond donors (Lipinski definition) is 3. The topological polar surface area (TPSA) is 105 Å². The van der Waals surface area contributed by atoms with E-state index in [9.17, 15) is 14.4 Å². The van der Waals surface area contributed by atoms with Crippen molar-refractivity contribution in [3.8, 4) is 11.1 Å². The molecule has 0 spiro atoms. The summed E-state index contributed by atoms with van der Waals surface area (Å²) in [6.45, 7) is 0.421. The highest BCUT2D eigenvalue weighted by Crippen LogP contribution is 2.44. The van der Waals surface area contributed by atoms with Gasteiger partial charge < -0.3 is 20.5 Å². The average Bonchev–Trinajstić information content (AvgIpc) is 3.18. The summed E-state index contributed by atoms with van der Waals surface area (Å²) < 4.78 is 5.76. The van der Waals surface area contributed by atoms with E-state index < -0.39 is 17.6 Å². The Kier molecular flexibility index (Phi) is 7.85. The maximum Gasteiger partial charge on any atom is 0.407 e. The maximum atomic E-state index is 12.9. The lowest BCUT2D eigenvalue weighted by atomic mass is 9.78. The first-order chi connectivity index (χ1) is 17.0. The molecule has 2 aliphatic carbocycles. The van der Waals surface area contributed by atoms with Gasteiger partial charge in [0.05, 0.1) is 0 Å². The van der Waals surface area contributed by atoms with Crippen LogP contribution in [-0.4, -0.2) is 41.8 Å². The Hall–Kier alpha value is -3.61. The third kappa shape index (κ3) is 6.10. The van der Waals surface area contributed by atoms with E-state index >= 15 is 0 Å². The molecule has 0 atom stereocenters. The zero-order valence-electron chi connectivity index (χ0n) is 19.8. The van der Waals surface area contributed by atoms with Gasteiger partial charge in [-0.15, -0.1) is 0 Å². The van der Waals surface area contributed by atoms with E-state index in [0.29, 0.717) is 6.42 Å². The van der Waals surface area contributed by atoms with Gasteiger partial charge in [0, 0.05) is 30.5 Å². The van der Waals surface area contributed by atoms with Gasteiger partial charge >= 0.3 is 12.1 Å². The number of hydrogen-bond acceptors (Lipinski definition) is 4. The lowest BCUT2D eigenvalue weighted by molar-refractivity contribution is -0.131. The number of alkyl carbamates (subject to hydrolysis) is 1. The van der Waals surface area contributed by atoms with Gasteiger partial charge in [-0.05, 0) is 41.5 Å². The number of fused-ring (bicyclic) bond motifs is 3. The van der Waals surface area contributed by atoms with Crippen molar-refractivity contribution in [1.29, 1.82) is 0 Å². The van der Waals surface area contributed by atoms with E-state index in [1.165, 1.54) is 28.3 Å². The Balaban J connectivity index is 1.34. The highest BCUT2D eigenvalue weighted by atomic mass is 16.5. The molecule has 0 unspecified atom stereocenters. The molecule has 0 radical (unpaired) electrons. The summed E-state index contributed by atoms with van der Waals surface area (Å²) in [5.74, 6) is -1.22. The molecule has 2 aromatic rings. The summed E-state index contributed by atoms with van der Waals surface area (Å²) in [6.07, 6.45) is 7.44. The predicted molar refractivity (Wildman–Crippen MR) is 133 cm³/mol. The molecule has 2 aromatic carbocycles. The zero-order chi connectivity index (χ0) is 24.7. The van der Waals surface area contributed by atoms with E-state index in [-0.39, 0.29) is 31.4 Å². The number of aliphatic carboxylic acids is 1. The monoisotopic (exact) mass is 476 g/mol. The molecule has 1 fully saturated rings. The van der Waals surface area contributed by atoms with E-state index in [2.05, 4.69) is 34.9 Å². The van der Waals surface area contributed by atoms with Crippen molar-refractivity contribution in [2.75, 3.05) is 13.2 Å². The fourth-order valence-corrected chi connectivity index (χ4v) is 5.29. The highest BCUT2D eigenvalue weighted by molar-refractivity contribution is 5.80. The number of ether oxygens (including phenoxy) is 1. The van der Waals surface area contributed by atoms with Gasteiger partial charge in [0.1, 0.15) is 6.61 Å². The molecule has 0 heterocycles. The Bertz CT molecular complexity index is 1060. The van der Waals surface area contributed by atoms with E-state index in [1.54, 1.807) is 0 Å². The van der Waals surface area contributed by atoms with Crippen LogP contribution in [0.25, 0.3) is 11.1 Å². The minimum Gasteiger partial charge on any atom is -0.478 e. The standard InChI is InChI=1S/C28H32N2O5/c31-25(29-18-8-13-26(32)33)14-17-28(15-6-1-7-16-28)30-27(34)35-19-24-22-11-4-2-9-20(22)21-10-3-5-12-23(21)24/h2-5,8-13,24H,1,6-7,14-19H2,(H,29,31)(H,30,34)(H,32,33)/b13-8+. The van der Waals surface area contributed by atoms with Crippen LogP contribution in [0.3, 0.4) is 0 Å². The molecule has 0 aromatic heterocycles. The first-order valence-electron chi connectivity index (χ1n) is 12.3. The smallest absolute Gasteiger partial charge is 0.407 e. The maximum absolute atomic E-state index is 12.9. The lowest BCUT2D eigenvalue weighted by Gasteiger charge is -2.37. The number of rotatable bonds is 9. The number of nitrogens with one attached hydrogen (secondary N) is 2. The van der Waals surface area contributed by atoms with E-state index in [1.807, 2.05) is 24.3 Å². The summed E-state index contributed by atoms with van der Waals surface area (Å²) in [5, 5.41) is 14.4. The summed E-state index contributed by atoms with van der Waals surface area (Å²) in [7, 11) is 0. The van der Waals surface area contributed by atoms with Gasteiger partial charge in [-0.3, -0.25) is 4.79 Å². The number of amides is 2. The van der Waals surface area contributed by atoms with Gasteiger partial charge in [0.15, 0.2) is 0 Å². The quantitative estimate of drug-likeness (QED) is 0.453. The normalized spacial score (nSPS) is 16.3. The number of benzene rings is 2. The summed E-state index contributed by atoms with van der Waals surface area (Å²) in [6, 6.07) is 16.5. The van der Waals surface area contributed by atoms with Crippen LogP contribution in [0.1, 0.15) is 62.0 Å². The molecule has 2 aliphatic rings. The lowest BCUT2D eigenvalue weighted by Crippen LogP contribution is -2.50. The molecule has 4 rings (SSSR count). The minimum atomic E-state index is -1.05. The third-order valence-electron chi connectivity index (χ3n) is 7.03. The second-order valence-electron chi connectivity index (χ2n) is 9.34. The molecule has 184 valence electrons. The Morgan fingerprint density at radius 3 is 2.23 bits per heavy atom. The number of carboxylic acids is 1. The van der Waals surface area contributed by atoms with Crippen LogP contribution in [0.2, 0.25) is 0 Å². The average molecular weight is 477 g/mol. The fourth-order valence-electron chi connectivity index (χ4n) is 5.29. The molecule has 35 heavy (non-hydrogen) atoms. The van der Waals surface area contributed by atoms with Crippen molar-refractivity contribution < 1.29 is 24.2 Å². The van der Waals surface area contributed by atoms with Crippen molar-refractivity contribution in [3.63, 3.8) is 0 Å². The second kappa shape index (κ2) is 11.2. The summed E-state index contributed by atoms with van der Waals surface area (Å²) in [5.41, 5.74) is 4.25. The highest BCUT2D eigenvalue weighted by Gasteiger charge is 2.35. The van der Waals surface area contributed by atoms with Crippen molar-refractivity contribution in [2.24, 2.45) is 0 Å². The van der Waals surface area contributed by atoms with E-state index in [4.69, 9.17) is 9.84 Å². The largest absolute Gasteiger partial charge is 0.478 e. The Labute approximate surface area is 205 Å². The van der Waals surface area contributed by atoms with Crippen molar-refractivity contribution in [2.45, 2.75) is 56.4 Å². The minimum absolute atomic E-state index is 0.0000840. The molecule has 0 bridgehead atoms. The second-order valence-corrected chi connectivity index (χ2v) is 9.34. The molecule has 0 saturated heterocycles. The number of carbonyl (C=O) groups is 3. The summed E-state index contributed by atoms with van der Waals surface area (Å²) in [4.78, 5) is 35.7. The SMILES string of the molecule is O=C(O)/C=C/CNC(=O)CCC1(NC(=O)OCC2c3ccccc3-c3ccccc32)CCCCC1.